The molecular weight excluding hydrogens is 585 g/mol. The van der Waals surface area contributed by atoms with E-state index in [9.17, 15) is 10.5 Å². The van der Waals surface area contributed by atoms with E-state index in [0.29, 0.717) is 11.1 Å². The molecule has 0 saturated heterocycles. The van der Waals surface area contributed by atoms with Gasteiger partial charge in [0.1, 0.15) is 0 Å². The van der Waals surface area contributed by atoms with Crippen molar-refractivity contribution >= 4 is 38.9 Å². The highest BCUT2D eigenvalue weighted by Crippen LogP contribution is 2.40. The molecule has 0 aliphatic rings. The van der Waals surface area contributed by atoms with Crippen LogP contribution in [0.2, 0.25) is 0 Å². The number of nitrogens with zero attached hydrogens (tertiary/aromatic N) is 4. The molecule has 0 amide bonds. The van der Waals surface area contributed by atoms with E-state index in [1.807, 2.05) is 54.6 Å². The van der Waals surface area contributed by atoms with Crippen LogP contribution >= 0.6 is 0 Å². The zero-order valence-corrected chi connectivity index (χ0v) is 26.0. The minimum Gasteiger partial charge on any atom is -0.310 e. The summed E-state index contributed by atoms with van der Waals surface area (Å²) in [4.78, 5) is 2.10. The van der Waals surface area contributed by atoms with Gasteiger partial charge in [0.05, 0.1) is 34.3 Å². The minimum atomic E-state index is 0.437. The number of anilines is 3. The highest BCUT2D eigenvalue weighted by molar-refractivity contribution is 6.11. The van der Waals surface area contributed by atoms with Gasteiger partial charge >= 0.3 is 0 Å². The fourth-order valence-electron chi connectivity index (χ4n) is 6.59. The van der Waals surface area contributed by atoms with Gasteiger partial charge in [-0.1, -0.05) is 97.1 Å². The molecule has 7 aromatic carbocycles. The van der Waals surface area contributed by atoms with Gasteiger partial charge in [0.15, 0.2) is 0 Å². The van der Waals surface area contributed by atoms with E-state index in [2.05, 4.69) is 131 Å². The Balaban J connectivity index is 1.36. The number of fused-ring (bicyclic) bond motifs is 3. The van der Waals surface area contributed by atoms with Gasteiger partial charge in [-0.3, -0.25) is 0 Å². The molecule has 1 aromatic heterocycles. The minimum absolute atomic E-state index is 0.437. The first-order valence-electron chi connectivity index (χ1n) is 15.8. The Bertz CT molecular complexity index is 2390. The molecule has 0 aliphatic heterocycles. The first-order chi connectivity index (χ1) is 23.7. The number of benzene rings is 7. The number of hydrogen-bond donors (Lipinski definition) is 0. The van der Waals surface area contributed by atoms with Crippen molar-refractivity contribution in [3.8, 4) is 40.1 Å². The lowest BCUT2D eigenvalue weighted by Crippen LogP contribution is -2.11. The van der Waals surface area contributed by atoms with Crippen molar-refractivity contribution in [3.05, 3.63) is 181 Å². The lowest BCUT2D eigenvalue weighted by atomic mass is 10.0. The predicted octanol–water partition coefficient (Wildman–Crippen LogP) is 11.3. The van der Waals surface area contributed by atoms with Crippen LogP contribution < -0.4 is 4.90 Å². The molecule has 0 aliphatic carbocycles. The van der Waals surface area contributed by atoms with Crippen LogP contribution in [0.1, 0.15) is 11.1 Å². The van der Waals surface area contributed by atoms with Crippen molar-refractivity contribution in [3.63, 3.8) is 0 Å². The molecule has 0 atom stereocenters. The molecule has 0 fully saturated rings. The van der Waals surface area contributed by atoms with Gasteiger partial charge in [0.25, 0.3) is 0 Å². The Kier molecular flexibility index (Phi) is 7.23. The van der Waals surface area contributed by atoms with Gasteiger partial charge in [0, 0.05) is 33.5 Å². The second kappa shape index (κ2) is 12.1. The standard InChI is InChI=1S/C44H28N4/c45-29-31-23-32(30-46)25-40(24-31)47(37-15-8-3-9-16-37)38-17-10-18-39(28-38)48-43-21-19-35(33-11-4-1-5-12-33)26-41(43)42-27-36(20-22-44(42)48)34-13-6-2-7-14-34/h1-28H. The summed E-state index contributed by atoms with van der Waals surface area (Å²) in [7, 11) is 0. The SMILES string of the molecule is N#Cc1cc(C#N)cc(N(c2ccccc2)c2cccc(-n3c4ccc(-c5ccccc5)cc4c4cc(-c5ccccc5)ccc43)c2)c1. The molecule has 0 radical (unpaired) electrons. The number of para-hydroxylation sites is 1. The summed E-state index contributed by atoms with van der Waals surface area (Å²) in [5, 5.41) is 21.9. The Labute approximate surface area is 279 Å². The lowest BCUT2D eigenvalue weighted by molar-refractivity contribution is 1.17. The molecule has 0 saturated carbocycles. The number of nitriles is 2. The van der Waals surface area contributed by atoms with Crippen molar-refractivity contribution in [1.29, 1.82) is 10.5 Å². The van der Waals surface area contributed by atoms with E-state index in [1.54, 1.807) is 6.07 Å². The molecule has 224 valence electrons. The van der Waals surface area contributed by atoms with Gasteiger partial charge < -0.3 is 9.47 Å². The van der Waals surface area contributed by atoms with Gasteiger partial charge in [-0.2, -0.15) is 10.5 Å². The van der Waals surface area contributed by atoms with Crippen LogP contribution in [-0.2, 0) is 0 Å². The highest BCUT2D eigenvalue weighted by atomic mass is 15.1. The Hall–Kier alpha value is -6.88. The summed E-state index contributed by atoms with van der Waals surface area (Å²) in [6.45, 7) is 0. The fourth-order valence-corrected chi connectivity index (χ4v) is 6.59. The second-order valence-corrected chi connectivity index (χ2v) is 11.7. The second-order valence-electron chi connectivity index (χ2n) is 11.7. The topological polar surface area (TPSA) is 55.8 Å². The fraction of sp³-hybridized carbons (Fsp3) is 0. The quantitative estimate of drug-likeness (QED) is 0.188. The van der Waals surface area contributed by atoms with Crippen molar-refractivity contribution in [2.75, 3.05) is 4.90 Å². The molecule has 0 unspecified atom stereocenters. The Morgan fingerprint density at radius 3 is 1.42 bits per heavy atom. The van der Waals surface area contributed by atoms with Gasteiger partial charge in [-0.15, -0.1) is 0 Å². The molecular formula is C44H28N4. The predicted molar refractivity (Wildman–Crippen MR) is 196 cm³/mol. The molecule has 4 heteroatoms. The van der Waals surface area contributed by atoms with Crippen LogP contribution in [0, 0.1) is 22.7 Å². The first kappa shape index (κ1) is 28.6. The van der Waals surface area contributed by atoms with Crippen LogP contribution in [0.5, 0.6) is 0 Å². The van der Waals surface area contributed by atoms with Crippen LogP contribution in [0.4, 0.5) is 17.1 Å². The zero-order chi connectivity index (χ0) is 32.5. The molecule has 1 heterocycles. The van der Waals surface area contributed by atoms with Gasteiger partial charge in [-0.05, 0) is 95.1 Å². The van der Waals surface area contributed by atoms with Crippen LogP contribution in [0.3, 0.4) is 0 Å². The molecule has 4 nitrogen and oxygen atoms in total. The first-order valence-corrected chi connectivity index (χ1v) is 15.8. The summed E-state index contributed by atoms with van der Waals surface area (Å²) < 4.78 is 2.33. The summed E-state index contributed by atoms with van der Waals surface area (Å²) in [5.41, 5.74) is 11.4. The largest absolute Gasteiger partial charge is 0.310 e. The summed E-state index contributed by atoms with van der Waals surface area (Å²) >= 11 is 0. The molecule has 8 aromatic rings. The van der Waals surface area contributed by atoms with Crippen molar-refractivity contribution in [2.24, 2.45) is 0 Å². The number of rotatable bonds is 6. The molecule has 8 rings (SSSR count). The van der Waals surface area contributed by atoms with E-state index >= 15 is 0 Å². The van der Waals surface area contributed by atoms with Crippen molar-refractivity contribution < 1.29 is 0 Å². The lowest BCUT2D eigenvalue weighted by Gasteiger charge is -2.26. The third-order valence-corrected chi connectivity index (χ3v) is 8.77. The van der Waals surface area contributed by atoms with Gasteiger partial charge in [0.2, 0.25) is 0 Å². The maximum absolute atomic E-state index is 9.78. The van der Waals surface area contributed by atoms with Crippen molar-refractivity contribution in [1.82, 2.24) is 4.57 Å². The molecule has 48 heavy (non-hydrogen) atoms. The Morgan fingerprint density at radius 1 is 0.396 bits per heavy atom. The van der Waals surface area contributed by atoms with E-state index in [0.717, 1.165) is 33.8 Å². The van der Waals surface area contributed by atoms with E-state index in [4.69, 9.17) is 0 Å². The third-order valence-electron chi connectivity index (χ3n) is 8.77. The van der Waals surface area contributed by atoms with E-state index in [1.165, 1.54) is 33.0 Å². The number of aromatic nitrogens is 1. The summed E-state index contributed by atoms with van der Waals surface area (Å²) in [6.07, 6.45) is 0. The third kappa shape index (κ3) is 5.14. The molecule has 0 bridgehead atoms. The van der Waals surface area contributed by atoms with Crippen molar-refractivity contribution in [2.45, 2.75) is 0 Å². The summed E-state index contributed by atoms with van der Waals surface area (Å²) in [5.74, 6) is 0. The monoisotopic (exact) mass is 612 g/mol. The average molecular weight is 613 g/mol. The zero-order valence-electron chi connectivity index (χ0n) is 26.0. The molecule has 0 N–H and O–H groups in total. The van der Waals surface area contributed by atoms with E-state index < -0.39 is 0 Å². The van der Waals surface area contributed by atoms with Crippen LogP contribution in [0.15, 0.2) is 170 Å². The van der Waals surface area contributed by atoms with Gasteiger partial charge in [-0.25, -0.2) is 0 Å². The molecule has 0 spiro atoms. The van der Waals surface area contributed by atoms with Crippen LogP contribution in [0.25, 0.3) is 49.7 Å². The maximum atomic E-state index is 9.78. The summed E-state index contributed by atoms with van der Waals surface area (Å²) in [6, 6.07) is 62.6. The average Bonchev–Trinajstić information content (AvgIpc) is 3.49. The maximum Gasteiger partial charge on any atom is 0.0992 e. The van der Waals surface area contributed by atoms with E-state index in [-0.39, 0.29) is 0 Å². The Morgan fingerprint density at radius 2 is 0.896 bits per heavy atom. The van der Waals surface area contributed by atoms with Crippen LogP contribution in [-0.4, -0.2) is 4.57 Å². The normalized spacial score (nSPS) is 10.9. The highest BCUT2D eigenvalue weighted by Gasteiger charge is 2.18. The number of hydrogen-bond acceptors (Lipinski definition) is 3. The smallest absolute Gasteiger partial charge is 0.0992 e.